The van der Waals surface area contributed by atoms with Crippen molar-refractivity contribution in [2.24, 2.45) is 0 Å². The number of nitriles is 1. The van der Waals surface area contributed by atoms with Crippen LogP contribution < -0.4 is 5.32 Å². The van der Waals surface area contributed by atoms with Gasteiger partial charge in [-0.05, 0) is 49.2 Å². The van der Waals surface area contributed by atoms with E-state index in [0.29, 0.717) is 29.8 Å². The molecule has 0 aliphatic carbocycles. The molecule has 5 heteroatoms. The minimum absolute atomic E-state index is 0.0303. The summed E-state index contributed by atoms with van der Waals surface area (Å²) in [7, 11) is 0. The Labute approximate surface area is 146 Å². The monoisotopic (exact) mass is 333 g/mol. The summed E-state index contributed by atoms with van der Waals surface area (Å²) in [4.78, 5) is 26.5. The van der Waals surface area contributed by atoms with E-state index in [9.17, 15) is 9.59 Å². The highest BCUT2D eigenvalue weighted by molar-refractivity contribution is 5.95. The summed E-state index contributed by atoms with van der Waals surface area (Å²) in [6.45, 7) is 1.22. The summed E-state index contributed by atoms with van der Waals surface area (Å²) >= 11 is 0. The highest BCUT2D eigenvalue weighted by Crippen LogP contribution is 2.15. The Morgan fingerprint density at radius 1 is 0.960 bits per heavy atom. The van der Waals surface area contributed by atoms with Crippen LogP contribution in [0.2, 0.25) is 0 Å². The van der Waals surface area contributed by atoms with Crippen LogP contribution in [0.3, 0.4) is 0 Å². The van der Waals surface area contributed by atoms with Crippen molar-refractivity contribution in [2.75, 3.05) is 13.1 Å². The number of amides is 2. The van der Waals surface area contributed by atoms with Crippen molar-refractivity contribution >= 4 is 11.8 Å². The van der Waals surface area contributed by atoms with Crippen LogP contribution in [0.4, 0.5) is 0 Å². The maximum atomic E-state index is 12.5. The molecule has 0 unspecified atom stereocenters. The molecule has 2 aromatic carbocycles. The topological polar surface area (TPSA) is 73.2 Å². The van der Waals surface area contributed by atoms with E-state index in [1.807, 2.05) is 24.3 Å². The van der Waals surface area contributed by atoms with E-state index in [4.69, 9.17) is 5.26 Å². The van der Waals surface area contributed by atoms with E-state index in [2.05, 4.69) is 5.32 Å². The standard InChI is InChI=1S/C20H19N3O2/c21-14-15-6-8-17(9-7-15)20(25)23-12-10-18(11-13-23)22-19(24)16-4-2-1-3-5-16/h1-9,18H,10-13H2,(H,22,24). The smallest absolute Gasteiger partial charge is 0.253 e. The SMILES string of the molecule is N#Cc1ccc(C(=O)N2CCC(NC(=O)c3ccccc3)CC2)cc1. The predicted molar refractivity (Wildman–Crippen MR) is 94.0 cm³/mol. The van der Waals surface area contributed by atoms with Gasteiger partial charge >= 0.3 is 0 Å². The van der Waals surface area contributed by atoms with Crippen molar-refractivity contribution in [3.8, 4) is 6.07 Å². The molecule has 0 radical (unpaired) electrons. The second kappa shape index (κ2) is 7.63. The Kier molecular flexibility index (Phi) is 5.10. The van der Waals surface area contributed by atoms with Gasteiger partial charge in [-0.1, -0.05) is 18.2 Å². The minimum Gasteiger partial charge on any atom is -0.349 e. The summed E-state index contributed by atoms with van der Waals surface area (Å²) in [5, 5.41) is 11.9. The zero-order valence-corrected chi connectivity index (χ0v) is 13.8. The van der Waals surface area contributed by atoms with Crippen LogP contribution in [0.1, 0.15) is 39.1 Å². The highest BCUT2D eigenvalue weighted by atomic mass is 16.2. The third kappa shape index (κ3) is 4.04. The van der Waals surface area contributed by atoms with Crippen molar-refractivity contribution in [3.63, 3.8) is 0 Å². The normalized spacial score (nSPS) is 14.6. The number of likely N-dealkylation sites (tertiary alicyclic amines) is 1. The third-order valence-electron chi connectivity index (χ3n) is 4.41. The van der Waals surface area contributed by atoms with Crippen molar-refractivity contribution in [3.05, 3.63) is 71.3 Å². The van der Waals surface area contributed by atoms with E-state index in [1.54, 1.807) is 41.3 Å². The van der Waals surface area contributed by atoms with Gasteiger partial charge in [-0.25, -0.2) is 0 Å². The molecule has 0 saturated carbocycles. The third-order valence-corrected chi connectivity index (χ3v) is 4.41. The van der Waals surface area contributed by atoms with Crippen molar-refractivity contribution < 1.29 is 9.59 Å². The number of benzene rings is 2. The van der Waals surface area contributed by atoms with E-state index in [1.165, 1.54) is 0 Å². The van der Waals surface area contributed by atoms with E-state index in [0.717, 1.165) is 12.8 Å². The number of nitrogens with one attached hydrogen (secondary N) is 1. The van der Waals surface area contributed by atoms with Gasteiger partial charge in [0, 0.05) is 30.3 Å². The molecule has 1 fully saturated rings. The summed E-state index contributed by atoms with van der Waals surface area (Å²) < 4.78 is 0. The fourth-order valence-electron chi connectivity index (χ4n) is 2.96. The fourth-order valence-corrected chi connectivity index (χ4v) is 2.96. The molecule has 1 aliphatic rings. The maximum Gasteiger partial charge on any atom is 0.253 e. The molecule has 2 aromatic rings. The molecule has 3 rings (SSSR count). The molecule has 1 heterocycles. The first-order valence-corrected chi connectivity index (χ1v) is 8.33. The van der Waals surface area contributed by atoms with Gasteiger partial charge in [0.05, 0.1) is 11.6 Å². The number of hydrogen-bond donors (Lipinski definition) is 1. The summed E-state index contributed by atoms with van der Waals surface area (Å²) in [5.41, 5.74) is 1.78. The van der Waals surface area contributed by atoms with Crippen molar-refractivity contribution in [1.29, 1.82) is 5.26 Å². The van der Waals surface area contributed by atoms with Gasteiger partial charge in [0.1, 0.15) is 0 Å². The lowest BCUT2D eigenvalue weighted by molar-refractivity contribution is 0.0698. The zero-order chi connectivity index (χ0) is 17.6. The number of hydrogen-bond acceptors (Lipinski definition) is 3. The van der Waals surface area contributed by atoms with Gasteiger partial charge in [-0.15, -0.1) is 0 Å². The van der Waals surface area contributed by atoms with Crippen molar-refractivity contribution in [1.82, 2.24) is 10.2 Å². The molecular formula is C20H19N3O2. The van der Waals surface area contributed by atoms with Gasteiger partial charge in [-0.2, -0.15) is 5.26 Å². The summed E-state index contributed by atoms with van der Waals surface area (Å²) in [5.74, 6) is -0.102. The first-order chi connectivity index (χ1) is 12.2. The number of piperidine rings is 1. The van der Waals surface area contributed by atoms with Crippen LogP contribution in [0.15, 0.2) is 54.6 Å². The Morgan fingerprint density at radius 3 is 2.20 bits per heavy atom. The van der Waals surface area contributed by atoms with Crippen molar-refractivity contribution in [2.45, 2.75) is 18.9 Å². The van der Waals surface area contributed by atoms with Gasteiger partial charge in [0.25, 0.3) is 11.8 Å². The molecule has 25 heavy (non-hydrogen) atoms. The Hall–Kier alpha value is -3.13. The molecule has 0 aromatic heterocycles. The minimum atomic E-state index is -0.0718. The van der Waals surface area contributed by atoms with E-state index < -0.39 is 0 Å². The quantitative estimate of drug-likeness (QED) is 0.938. The van der Waals surface area contributed by atoms with Gasteiger partial charge in [0.15, 0.2) is 0 Å². The molecule has 1 aliphatic heterocycles. The number of rotatable bonds is 3. The molecule has 0 bridgehead atoms. The number of carbonyl (C=O) groups is 2. The van der Waals surface area contributed by atoms with E-state index >= 15 is 0 Å². The lowest BCUT2D eigenvalue weighted by Gasteiger charge is -2.32. The highest BCUT2D eigenvalue weighted by Gasteiger charge is 2.24. The van der Waals surface area contributed by atoms with Crippen LogP contribution in [-0.2, 0) is 0 Å². The Bertz CT molecular complexity index is 786. The first kappa shape index (κ1) is 16.7. The van der Waals surface area contributed by atoms with Gasteiger partial charge in [0.2, 0.25) is 0 Å². The molecule has 1 saturated heterocycles. The molecule has 5 nitrogen and oxygen atoms in total. The molecule has 0 spiro atoms. The Morgan fingerprint density at radius 2 is 1.60 bits per heavy atom. The van der Waals surface area contributed by atoms with Crippen LogP contribution in [-0.4, -0.2) is 35.8 Å². The molecule has 1 N–H and O–H groups in total. The molecule has 0 atom stereocenters. The predicted octanol–water partition coefficient (Wildman–Crippen LogP) is 2.59. The summed E-state index contributed by atoms with van der Waals surface area (Å²) in [6, 6.07) is 17.9. The van der Waals surface area contributed by atoms with Gasteiger partial charge < -0.3 is 10.2 Å². The fraction of sp³-hybridized carbons (Fsp3) is 0.250. The Balaban J connectivity index is 1.53. The number of nitrogens with zero attached hydrogens (tertiary/aromatic N) is 2. The second-order valence-electron chi connectivity index (χ2n) is 6.10. The second-order valence-corrected chi connectivity index (χ2v) is 6.10. The average molecular weight is 333 g/mol. The molecule has 2 amide bonds. The van der Waals surface area contributed by atoms with E-state index in [-0.39, 0.29) is 17.9 Å². The van der Waals surface area contributed by atoms with Gasteiger partial charge in [-0.3, -0.25) is 9.59 Å². The maximum absolute atomic E-state index is 12.5. The number of carbonyl (C=O) groups excluding carboxylic acids is 2. The first-order valence-electron chi connectivity index (χ1n) is 8.33. The lowest BCUT2D eigenvalue weighted by Crippen LogP contribution is -2.46. The largest absolute Gasteiger partial charge is 0.349 e. The zero-order valence-electron chi connectivity index (χ0n) is 13.8. The molecular weight excluding hydrogens is 314 g/mol. The van der Waals surface area contributed by atoms with Crippen LogP contribution >= 0.6 is 0 Å². The van der Waals surface area contributed by atoms with Crippen LogP contribution in [0, 0.1) is 11.3 Å². The van der Waals surface area contributed by atoms with Crippen LogP contribution in [0.25, 0.3) is 0 Å². The summed E-state index contributed by atoms with van der Waals surface area (Å²) in [6.07, 6.45) is 1.47. The lowest BCUT2D eigenvalue weighted by atomic mass is 10.0. The average Bonchev–Trinajstić information content (AvgIpc) is 2.69. The van der Waals surface area contributed by atoms with Crippen LogP contribution in [0.5, 0.6) is 0 Å². The molecule has 126 valence electrons.